The predicted octanol–water partition coefficient (Wildman–Crippen LogP) is 1.14. The van der Waals surface area contributed by atoms with Gasteiger partial charge < -0.3 is 33.2 Å². The maximum atomic E-state index is 12.5. The molecule has 2 aromatic carbocycles. The molecule has 3 saturated heterocycles. The number of para-hydroxylation sites is 1. The molecular weight excluding hydrogens is 439 g/mol. The third kappa shape index (κ3) is 4.04. The van der Waals surface area contributed by atoms with E-state index in [1.165, 1.54) is 13.1 Å². The van der Waals surface area contributed by atoms with Gasteiger partial charge in [0.25, 0.3) is 0 Å². The van der Waals surface area contributed by atoms with Gasteiger partial charge in [-0.3, -0.25) is 5.32 Å². The fourth-order valence-corrected chi connectivity index (χ4v) is 4.22. The fourth-order valence-electron chi connectivity index (χ4n) is 4.22. The second-order valence-corrected chi connectivity index (χ2v) is 7.57. The number of likely N-dealkylation sites (N-methyl/N-ethyl adjacent to an activating group) is 1. The van der Waals surface area contributed by atoms with E-state index in [1.54, 1.807) is 0 Å². The Kier molecular flexibility index (Phi) is 5.87. The molecule has 0 aromatic heterocycles. The van der Waals surface area contributed by atoms with Crippen LogP contribution in [0.4, 0.5) is 10.5 Å². The van der Waals surface area contributed by atoms with E-state index in [-0.39, 0.29) is 36.2 Å². The standard InChI is InChI=1S/C21H24N2O2.HI/c1-23-13-11-17(12-14-23)20(15-23)25-21(24)22-19-10-6-5-9-18(19)16-7-3-2-4-8-16;/h2-10,17,20H,11-15H2,1H3;1H. The summed E-state index contributed by atoms with van der Waals surface area (Å²) in [6, 6.07) is 17.9. The summed E-state index contributed by atoms with van der Waals surface area (Å²) in [7, 11) is 2.27. The van der Waals surface area contributed by atoms with Gasteiger partial charge in [0.15, 0.2) is 6.10 Å². The number of carbonyl (C=O) groups is 1. The summed E-state index contributed by atoms with van der Waals surface area (Å²) in [5.74, 6) is 0.523. The first kappa shape index (κ1) is 19.2. The van der Waals surface area contributed by atoms with Crippen molar-refractivity contribution in [2.24, 2.45) is 5.92 Å². The van der Waals surface area contributed by atoms with Crippen molar-refractivity contribution < 1.29 is 38.0 Å². The molecular formula is C21H25IN2O2. The van der Waals surface area contributed by atoms with Crippen LogP contribution < -0.4 is 29.3 Å². The maximum absolute atomic E-state index is 12.5. The van der Waals surface area contributed by atoms with E-state index in [1.807, 2.05) is 54.6 Å². The van der Waals surface area contributed by atoms with Crippen LogP contribution >= 0.6 is 0 Å². The Labute approximate surface area is 172 Å². The fraction of sp³-hybridized carbons (Fsp3) is 0.381. The highest BCUT2D eigenvalue weighted by Gasteiger charge is 2.45. The van der Waals surface area contributed by atoms with Gasteiger partial charge >= 0.3 is 6.09 Å². The highest BCUT2D eigenvalue weighted by Crippen LogP contribution is 2.34. The average Bonchev–Trinajstić information content (AvgIpc) is 2.63. The molecule has 0 aliphatic carbocycles. The van der Waals surface area contributed by atoms with Crippen LogP contribution in [0.1, 0.15) is 12.8 Å². The van der Waals surface area contributed by atoms with E-state index < -0.39 is 0 Å². The largest absolute Gasteiger partial charge is 1.00 e. The number of piperidine rings is 3. The summed E-state index contributed by atoms with van der Waals surface area (Å²) in [6.07, 6.45) is 2.02. The molecule has 2 bridgehead atoms. The van der Waals surface area contributed by atoms with Crippen molar-refractivity contribution in [2.45, 2.75) is 18.9 Å². The Bertz CT molecular complexity index is 758. The van der Waals surface area contributed by atoms with Gasteiger partial charge in [-0.1, -0.05) is 48.5 Å². The minimum absolute atomic E-state index is 0. The third-order valence-corrected chi connectivity index (χ3v) is 5.73. The molecule has 4 nitrogen and oxygen atoms in total. The summed E-state index contributed by atoms with van der Waals surface area (Å²) in [5.41, 5.74) is 2.88. The van der Waals surface area contributed by atoms with Gasteiger partial charge in [-0.15, -0.1) is 0 Å². The molecule has 138 valence electrons. The van der Waals surface area contributed by atoms with Gasteiger partial charge in [0.2, 0.25) is 0 Å². The molecule has 3 heterocycles. The molecule has 1 atom stereocenters. The Balaban J connectivity index is 0.00000196. The van der Waals surface area contributed by atoms with Crippen molar-refractivity contribution in [3.05, 3.63) is 54.6 Å². The molecule has 2 aromatic rings. The number of hydrogen-bond acceptors (Lipinski definition) is 2. The topological polar surface area (TPSA) is 38.3 Å². The van der Waals surface area contributed by atoms with Crippen molar-refractivity contribution in [1.29, 1.82) is 0 Å². The van der Waals surface area contributed by atoms with Crippen molar-refractivity contribution in [3.8, 4) is 11.1 Å². The van der Waals surface area contributed by atoms with E-state index in [4.69, 9.17) is 4.74 Å². The number of rotatable bonds is 3. The van der Waals surface area contributed by atoms with Crippen LogP contribution in [-0.4, -0.2) is 43.4 Å². The molecule has 0 radical (unpaired) electrons. The number of carbonyl (C=O) groups excluding carboxylic acids is 1. The van der Waals surface area contributed by atoms with Crippen molar-refractivity contribution in [3.63, 3.8) is 0 Å². The van der Waals surface area contributed by atoms with Gasteiger partial charge in [0.1, 0.15) is 6.54 Å². The van der Waals surface area contributed by atoms with Crippen LogP contribution in [0.15, 0.2) is 54.6 Å². The van der Waals surface area contributed by atoms with Crippen LogP contribution in [-0.2, 0) is 4.74 Å². The lowest BCUT2D eigenvalue weighted by molar-refractivity contribution is -0.928. The van der Waals surface area contributed by atoms with Gasteiger partial charge in [-0.05, 0) is 11.6 Å². The Hall–Kier alpha value is -1.60. The van der Waals surface area contributed by atoms with Crippen LogP contribution in [0.2, 0.25) is 0 Å². The number of benzene rings is 2. The molecule has 5 heteroatoms. The van der Waals surface area contributed by atoms with E-state index >= 15 is 0 Å². The SMILES string of the molecule is C[N+]12CCC(CC1)C(OC(=O)Nc1ccccc1-c1ccccc1)C2.[I-]. The first-order chi connectivity index (χ1) is 12.1. The zero-order valence-electron chi connectivity index (χ0n) is 15.0. The minimum atomic E-state index is -0.339. The second-order valence-electron chi connectivity index (χ2n) is 7.57. The third-order valence-electron chi connectivity index (χ3n) is 5.73. The molecule has 3 aliphatic rings. The van der Waals surface area contributed by atoms with Gasteiger partial charge in [-0.25, -0.2) is 4.79 Å². The monoisotopic (exact) mass is 464 g/mol. The number of halogens is 1. The van der Waals surface area contributed by atoms with Crippen molar-refractivity contribution in [2.75, 3.05) is 32.0 Å². The van der Waals surface area contributed by atoms with Gasteiger partial charge in [0, 0.05) is 24.3 Å². The van der Waals surface area contributed by atoms with E-state index in [9.17, 15) is 4.79 Å². The molecule has 0 saturated carbocycles. The Morgan fingerprint density at radius 3 is 2.38 bits per heavy atom. The zero-order chi connectivity index (χ0) is 17.3. The van der Waals surface area contributed by atoms with Crippen molar-refractivity contribution in [1.82, 2.24) is 0 Å². The number of fused-ring (bicyclic) bond motifs is 3. The maximum Gasteiger partial charge on any atom is 0.412 e. The lowest BCUT2D eigenvalue weighted by Gasteiger charge is -2.49. The average molecular weight is 464 g/mol. The summed E-state index contributed by atoms with van der Waals surface area (Å²) in [6.45, 7) is 3.37. The summed E-state index contributed by atoms with van der Waals surface area (Å²) in [5, 5.41) is 2.96. The highest BCUT2D eigenvalue weighted by atomic mass is 127. The molecule has 1 amide bonds. The highest BCUT2D eigenvalue weighted by molar-refractivity contribution is 5.91. The molecule has 3 fully saturated rings. The number of nitrogens with zero attached hydrogens (tertiary/aromatic N) is 1. The lowest BCUT2D eigenvalue weighted by atomic mass is 9.84. The van der Waals surface area contributed by atoms with Crippen LogP contribution in [0.25, 0.3) is 11.1 Å². The Morgan fingerprint density at radius 1 is 1.04 bits per heavy atom. The number of hydrogen-bond donors (Lipinski definition) is 1. The molecule has 26 heavy (non-hydrogen) atoms. The number of amides is 1. The molecule has 1 unspecified atom stereocenters. The quantitative estimate of drug-likeness (QED) is 0.547. The van der Waals surface area contributed by atoms with Crippen LogP contribution in [0.5, 0.6) is 0 Å². The second kappa shape index (κ2) is 7.96. The van der Waals surface area contributed by atoms with E-state index in [0.29, 0.717) is 5.92 Å². The van der Waals surface area contributed by atoms with Gasteiger partial charge in [0.05, 0.1) is 25.8 Å². The van der Waals surface area contributed by atoms with Crippen molar-refractivity contribution >= 4 is 11.8 Å². The summed E-state index contributed by atoms with van der Waals surface area (Å²) >= 11 is 0. The summed E-state index contributed by atoms with van der Waals surface area (Å²) in [4.78, 5) is 12.5. The number of anilines is 1. The van der Waals surface area contributed by atoms with Gasteiger partial charge in [-0.2, -0.15) is 0 Å². The number of quaternary nitrogens is 1. The first-order valence-electron chi connectivity index (χ1n) is 9.09. The Morgan fingerprint density at radius 2 is 1.69 bits per heavy atom. The van der Waals surface area contributed by atoms with E-state index in [2.05, 4.69) is 12.4 Å². The van der Waals surface area contributed by atoms with E-state index in [0.717, 1.165) is 40.7 Å². The molecule has 5 rings (SSSR count). The normalized spacial score (nSPS) is 26.7. The van der Waals surface area contributed by atoms with Crippen LogP contribution in [0, 0.1) is 5.92 Å². The zero-order valence-corrected chi connectivity index (χ0v) is 17.2. The van der Waals surface area contributed by atoms with Crippen LogP contribution in [0.3, 0.4) is 0 Å². The molecule has 3 aliphatic heterocycles. The number of ether oxygens (including phenoxy) is 1. The molecule has 0 spiro atoms. The smallest absolute Gasteiger partial charge is 0.412 e. The number of nitrogens with one attached hydrogen (secondary N) is 1. The minimum Gasteiger partial charge on any atom is -1.00 e. The summed E-state index contributed by atoms with van der Waals surface area (Å²) < 4.78 is 6.86. The predicted molar refractivity (Wildman–Crippen MR) is 99.3 cm³/mol. The first-order valence-corrected chi connectivity index (χ1v) is 9.09. The lowest BCUT2D eigenvalue weighted by Crippen LogP contribution is -3.00. The molecule has 1 N–H and O–H groups in total.